The number of carbonyl (C=O) groups is 2. The molecule has 0 bridgehead atoms. The van der Waals surface area contributed by atoms with Crippen molar-refractivity contribution in [3.8, 4) is 0 Å². The third-order valence-electron chi connectivity index (χ3n) is 4.60. The lowest BCUT2D eigenvalue weighted by Gasteiger charge is -2.28. The van der Waals surface area contributed by atoms with Gasteiger partial charge in [0.05, 0.1) is 6.61 Å². The SMILES string of the molecule is CCOC(=O)C1C(=O)CC(c2ccc(C)cc2)=CC1c1ccccc1. The fraction of sp³-hybridized carbons (Fsp3) is 0.273. The fourth-order valence-electron chi connectivity index (χ4n) is 3.31. The van der Waals surface area contributed by atoms with Gasteiger partial charge < -0.3 is 4.74 Å². The zero-order valence-corrected chi connectivity index (χ0v) is 14.6. The predicted octanol–water partition coefficient (Wildman–Crippen LogP) is 4.31. The standard InChI is InChI=1S/C22H22O3/c1-3-25-22(24)21-19(17-7-5-4-6-8-17)13-18(14-20(21)23)16-11-9-15(2)10-12-16/h4-13,19,21H,3,14H2,1-2H3. The first-order chi connectivity index (χ1) is 12.1. The van der Waals surface area contributed by atoms with Crippen LogP contribution >= 0.6 is 0 Å². The smallest absolute Gasteiger partial charge is 0.317 e. The predicted molar refractivity (Wildman–Crippen MR) is 98.1 cm³/mol. The van der Waals surface area contributed by atoms with Crippen molar-refractivity contribution >= 4 is 17.3 Å². The number of Topliss-reactive ketones (excluding diaryl/α,β-unsaturated/α-hetero) is 1. The topological polar surface area (TPSA) is 43.4 Å². The van der Waals surface area contributed by atoms with E-state index in [1.807, 2.05) is 61.5 Å². The maximum absolute atomic E-state index is 12.8. The Balaban J connectivity index is 2.04. The molecule has 25 heavy (non-hydrogen) atoms. The van der Waals surface area contributed by atoms with Crippen molar-refractivity contribution in [1.82, 2.24) is 0 Å². The van der Waals surface area contributed by atoms with E-state index in [0.717, 1.165) is 16.7 Å². The quantitative estimate of drug-likeness (QED) is 0.618. The Kier molecular flexibility index (Phi) is 5.13. The summed E-state index contributed by atoms with van der Waals surface area (Å²) in [6, 6.07) is 17.8. The van der Waals surface area contributed by atoms with E-state index in [2.05, 4.69) is 6.08 Å². The summed E-state index contributed by atoms with van der Waals surface area (Å²) >= 11 is 0. The summed E-state index contributed by atoms with van der Waals surface area (Å²) in [5.74, 6) is -1.57. The molecule has 0 saturated carbocycles. The molecule has 2 aromatic carbocycles. The van der Waals surface area contributed by atoms with Gasteiger partial charge in [-0.05, 0) is 30.5 Å². The number of esters is 1. The number of hydrogen-bond donors (Lipinski definition) is 0. The highest BCUT2D eigenvalue weighted by Gasteiger charge is 2.39. The summed E-state index contributed by atoms with van der Waals surface area (Å²) in [7, 11) is 0. The average Bonchev–Trinajstić information content (AvgIpc) is 2.62. The van der Waals surface area contributed by atoms with Crippen molar-refractivity contribution in [2.75, 3.05) is 6.61 Å². The van der Waals surface area contributed by atoms with E-state index in [0.29, 0.717) is 0 Å². The van der Waals surface area contributed by atoms with Crippen molar-refractivity contribution in [3.05, 3.63) is 77.4 Å². The molecule has 0 amide bonds. The summed E-state index contributed by atoms with van der Waals surface area (Å²) in [5.41, 5.74) is 4.13. The van der Waals surface area contributed by atoms with Gasteiger partial charge in [-0.2, -0.15) is 0 Å². The van der Waals surface area contributed by atoms with Crippen LogP contribution < -0.4 is 0 Å². The Hall–Kier alpha value is -2.68. The largest absolute Gasteiger partial charge is 0.465 e. The summed E-state index contributed by atoms with van der Waals surface area (Å²) in [6.07, 6.45) is 2.32. The van der Waals surface area contributed by atoms with Gasteiger partial charge in [0.1, 0.15) is 5.92 Å². The molecule has 3 nitrogen and oxygen atoms in total. The molecule has 1 aliphatic rings. The van der Waals surface area contributed by atoms with Crippen LogP contribution in [0.3, 0.4) is 0 Å². The highest BCUT2D eigenvalue weighted by atomic mass is 16.5. The molecular formula is C22H22O3. The van der Waals surface area contributed by atoms with Crippen molar-refractivity contribution in [2.24, 2.45) is 5.92 Å². The van der Waals surface area contributed by atoms with Gasteiger partial charge in [0.15, 0.2) is 5.78 Å². The van der Waals surface area contributed by atoms with Crippen molar-refractivity contribution in [3.63, 3.8) is 0 Å². The minimum absolute atomic E-state index is 0.0784. The van der Waals surface area contributed by atoms with Gasteiger partial charge in [0.25, 0.3) is 0 Å². The second kappa shape index (κ2) is 7.47. The molecule has 0 spiro atoms. The number of ketones is 1. The van der Waals surface area contributed by atoms with Crippen LogP contribution in [0.1, 0.15) is 36.0 Å². The number of hydrogen-bond acceptors (Lipinski definition) is 3. The summed E-state index contributed by atoms with van der Waals surface area (Å²) in [6.45, 7) is 4.07. The first kappa shape index (κ1) is 17.2. The lowest BCUT2D eigenvalue weighted by Crippen LogP contribution is -2.34. The molecule has 2 unspecified atom stereocenters. The summed E-state index contributed by atoms with van der Waals surface area (Å²) in [4.78, 5) is 25.2. The monoisotopic (exact) mass is 334 g/mol. The molecule has 0 radical (unpaired) electrons. The van der Waals surface area contributed by atoms with Crippen LogP contribution in [0.2, 0.25) is 0 Å². The van der Waals surface area contributed by atoms with Crippen LogP contribution in [0.15, 0.2) is 60.7 Å². The van der Waals surface area contributed by atoms with Gasteiger partial charge in [-0.3, -0.25) is 9.59 Å². The number of allylic oxidation sites excluding steroid dienone is 2. The molecule has 0 saturated heterocycles. The van der Waals surface area contributed by atoms with Gasteiger partial charge in [-0.25, -0.2) is 0 Å². The number of rotatable bonds is 4. The third-order valence-corrected chi connectivity index (χ3v) is 4.60. The second-order valence-electron chi connectivity index (χ2n) is 6.37. The van der Waals surface area contributed by atoms with Gasteiger partial charge in [0.2, 0.25) is 0 Å². The van der Waals surface area contributed by atoms with Crippen LogP contribution in [-0.4, -0.2) is 18.4 Å². The Morgan fingerprint density at radius 2 is 1.76 bits per heavy atom. The Labute approximate surface area is 148 Å². The minimum atomic E-state index is -0.767. The lowest BCUT2D eigenvalue weighted by molar-refractivity contribution is -0.152. The number of carbonyl (C=O) groups excluding carboxylic acids is 2. The van der Waals surface area contributed by atoms with E-state index in [4.69, 9.17) is 4.74 Å². The summed E-state index contributed by atoms with van der Waals surface area (Å²) < 4.78 is 5.17. The third kappa shape index (κ3) is 3.71. The van der Waals surface area contributed by atoms with E-state index >= 15 is 0 Å². The zero-order valence-electron chi connectivity index (χ0n) is 14.6. The molecular weight excluding hydrogens is 312 g/mol. The van der Waals surface area contributed by atoms with Crippen molar-refractivity contribution in [2.45, 2.75) is 26.2 Å². The first-order valence-corrected chi connectivity index (χ1v) is 8.62. The molecule has 3 rings (SSSR count). The zero-order chi connectivity index (χ0) is 17.8. The van der Waals surface area contributed by atoms with Crippen LogP contribution in [-0.2, 0) is 14.3 Å². The highest BCUT2D eigenvalue weighted by Crippen LogP contribution is 2.38. The highest BCUT2D eigenvalue weighted by molar-refractivity contribution is 6.06. The van der Waals surface area contributed by atoms with E-state index in [-0.39, 0.29) is 24.7 Å². The molecule has 1 aliphatic carbocycles. The van der Waals surface area contributed by atoms with Crippen LogP contribution in [0.4, 0.5) is 0 Å². The molecule has 3 heteroatoms. The van der Waals surface area contributed by atoms with Gasteiger partial charge in [-0.15, -0.1) is 0 Å². The maximum atomic E-state index is 12.8. The Morgan fingerprint density at radius 3 is 2.40 bits per heavy atom. The molecule has 0 N–H and O–H groups in total. The van der Waals surface area contributed by atoms with Gasteiger partial charge in [-0.1, -0.05) is 66.2 Å². The average molecular weight is 334 g/mol. The normalized spacial score (nSPS) is 20.1. The number of aryl methyl sites for hydroxylation is 1. The molecule has 0 aromatic heterocycles. The first-order valence-electron chi connectivity index (χ1n) is 8.62. The molecule has 128 valence electrons. The van der Waals surface area contributed by atoms with E-state index in [1.54, 1.807) is 6.92 Å². The fourth-order valence-corrected chi connectivity index (χ4v) is 3.31. The minimum Gasteiger partial charge on any atom is -0.465 e. The van der Waals surface area contributed by atoms with Gasteiger partial charge >= 0.3 is 5.97 Å². The Bertz CT molecular complexity index is 788. The maximum Gasteiger partial charge on any atom is 0.317 e. The molecule has 2 aromatic rings. The molecule has 0 heterocycles. The van der Waals surface area contributed by atoms with Crippen LogP contribution in [0.25, 0.3) is 5.57 Å². The Morgan fingerprint density at radius 1 is 1.08 bits per heavy atom. The molecule has 0 fully saturated rings. The van der Waals surface area contributed by atoms with Crippen molar-refractivity contribution < 1.29 is 14.3 Å². The van der Waals surface area contributed by atoms with E-state index in [1.165, 1.54) is 5.56 Å². The number of ether oxygens (including phenoxy) is 1. The number of benzene rings is 2. The second-order valence-corrected chi connectivity index (χ2v) is 6.37. The van der Waals surface area contributed by atoms with Crippen molar-refractivity contribution in [1.29, 1.82) is 0 Å². The van der Waals surface area contributed by atoms with E-state index in [9.17, 15) is 9.59 Å². The molecule has 2 atom stereocenters. The van der Waals surface area contributed by atoms with Crippen LogP contribution in [0, 0.1) is 12.8 Å². The lowest BCUT2D eigenvalue weighted by atomic mass is 9.75. The summed E-state index contributed by atoms with van der Waals surface area (Å²) in [5, 5.41) is 0. The van der Waals surface area contributed by atoms with E-state index < -0.39 is 11.9 Å². The van der Waals surface area contributed by atoms with Gasteiger partial charge in [0, 0.05) is 12.3 Å². The molecule has 0 aliphatic heterocycles. The van der Waals surface area contributed by atoms with Crippen LogP contribution in [0.5, 0.6) is 0 Å².